The van der Waals surface area contributed by atoms with Crippen LogP contribution in [0.4, 0.5) is 0 Å². The maximum atomic E-state index is 6.44. The largest absolute Gasteiger partial charge is 0.472 e. The van der Waals surface area contributed by atoms with E-state index in [9.17, 15) is 0 Å². The van der Waals surface area contributed by atoms with E-state index in [-0.39, 0.29) is 5.41 Å². The first-order valence-corrected chi connectivity index (χ1v) is 7.55. The van der Waals surface area contributed by atoms with Crippen molar-refractivity contribution in [1.82, 2.24) is 5.32 Å². The highest BCUT2D eigenvalue weighted by Gasteiger charge is 2.40. The summed E-state index contributed by atoms with van der Waals surface area (Å²) >= 11 is 0. The van der Waals surface area contributed by atoms with Gasteiger partial charge < -0.3 is 15.5 Å². The van der Waals surface area contributed by atoms with Gasteiger partial charge in [0.1, 0.15) is 0 Å². The molecule has 0 spiro atoms. The normalized spacial score (nSPS) is 27.6. The summed E-state index contributed by atoms with van der Waals surface area (Å²) in [6.07, 6.45) is 8.37. The summed E-state index contributed by atoms with van der Waals surface area (Å²) in [5.41, 5.74) is 7.98. The first-order chi connectivity index (χ1) is 9.04. The molecule has 1 fully saturated rings. The Hall–Kier alpha value is -0.800. The van der Waals surface area contributed by atoms with Crippen molar-refractivity contribution in [3.05, 3.63) is 24.2 Å². The van der Waals surface area contributed by atoms with Crippen LogP contribution in [0.1, 0.15) is 58.1 Å². The Labute approximate surface area is 116 Å². The molecule has 3 atom stereocenters. The minimum Gasteiger partial charge on any atom is -0.472 e. The molecule has 3 heteroatoms. The molecule has 2 rings (SSSR count). The number of rotatable bonds is 6. The average Bonchev–Trinajstić information content (AvgIpc) is 2.98. The van der Waals surface area contributed by atoms with E-state index >= 15 is 0 Å². The third-order valence-corrected chi connectivity index (χ3v) is 4.69. The summed E-state index contributed by atoms with van der Waals surface area (Å²) in [5, 5.41) is 3.63. The highest BCUT2D eigenvalue weighted by molar-refractivity contribution is 5.12. The second kappa shape index (κ2) is 6.10. The molecule has 3 unspecified atom stereocenters. The lowest BCUT2D eigenvalue weighted by molar-refractivity contribution is 0.277. The SMILES string of the molecule is CCCNC(CC1CCC(C)(C)C1N)c1ccoc1. The molecular weight excluding hydrogens is 236 g/mol. The minimum atomic E-state index is 0.288. The quantitative estimate of drug-likeness (QED) is 0.827. The summed E-state index contributed by atoms with van der Waals surface area (Å²) in [4.78, 5) is 0. The van der Waals surface area contributed by atoms with Gasteiger partial charge in [0.05, 0.1) is 12.5 Å². The third kappa shape index (κ3) is 3.40. The van der Waals surface area contributed by atoms with E-state index in [0.29, 0.717) is 18.0 Å². The van der Waals surface area contributed by atoms with Crippen molar-refractivity contribution < 1.29 is 4.42 Å². The van der Waals surface area contributed by atoms with Crippen LogP contribution in [0, 0.1) is 11.3 Å². The molecule has 19 heavy (non-hydrogen) atoms. The van der Waals surface area contributed by atoms with Gasteiger partial charge >= 0.3 is 0 Å². The lowest BCUT2D eigenvalue weighted by atomic mass is 9.83. The molecule has 0 bridgehead atoms. The van der Waals surface area contributed by atoms with Crippen LogP contribution in [-0.2, 0) is 0 Å². The molecule has 108 valence electrons. The van der Waals surface area contributed by atoms with E-state index in [1.165, 1.54) is 18.4 Å². The van der Waals surface area contributed by atoms with Crippen LogP contribution >= 0.6 is 0 Å². The van der Waals surface area contributed by atoms with Gasteiger partial charge in [0.15, 0.2) is 0 Å². The topological polar surface area (TPSA) is 51.2 Å². The molecule has 0 radical (unpaired) electrons. The van der Waals surface area contributed by atoms with Crippen LogP contribution in [0.15, 0.2) is 23.0 Å². The van der Waals surface area contributed by atoms with Gasteiger partial charge in [0, 0.05) is 17.6 Å². The first kappa shape index (κ1) is 14.6. The Morgan fingerprint density at radius 3 is 2.84 bits per heavy atom. The fourth-order valence-corrected chi connectivity index (χ4v) is 3.24. The van der Waals surface area contributed by atoms with Crippen LogP contribution in [0.25, 0.3) is 0 Å². The maximum absolute atomic E-state index is 6.44. The van der Waals surface area contributed by atoms with E-state index < -0.39 is 0 Å². The maximum Gasteiger partial charge on any atom is 0.0950 e. The van der Waals surface area contributed by atoms with Gasteiger partial charge in [-0.2, -0.15) is 0 Å². The number of hydrogen-bond acceptors (Lipinski definition) is 3. The molecule has 1 heterocycles. The van der Waals surface area contributed by atoms with Gasteiger partial charge in [-0.25, -0.2) is 0 Å². The van der Waals surface area contributed by atoms with Crippen LogP contribution in [0.3, 0.4) is 0 Å². The number of nitrogens with one attached hydrogen (secondary N) is 1. The monoisotopic (exact) mass is 264 g/mol. The van der Waals surface area contributed by atoms with Gasteiger partial charge in [-0.1, -0.05) is 20.8 Å². The summed E-state index contributed by atoms with van der Waals surface area (Å²) in [7, 11) is 0. The second-order valence-electron chi connectivity index (χ2n) is 6.61. The van der Waals surface area contributed by atoms with Crippen LogP contribution in [0.5, 0.6) is 0 Å². The first-order valence-electron chi connectivity index (χ1n) is 7.55. The Morgan fingerprint density at radius 1 is 1.53 bits per heavy atom. The molecule has 1 aliphatic rings. The highest BCUT2D eigenvalue weighted by atomic mass is 16.3. The smallest absolute Gasteiger partial charge is 0.0950 e. The summed E-state index contributed by atoms with van der Waals surface area (Å²) < 4.78 is 5.24. The standard InChI is InChI=1S/C16H28N2O/c1-4-8-18-14(13-6-9-19-11-13)10-12-5-7-16(2,3)15(12)17/h6,9,11-12,14-15,18H,4-5,7-8,10,17H2,1-3H3. The molecule has 0 amide bonds. The number of nitrogens with two attached hydrogens (primary N) is 1. The second-order valence-corrected chi connectivity index (χ2v) is 6.61. The van der Waals surface area contributed by atoms with Gasteiger partial charge in [0.2, 0.25) is 0 Å². The molecule has 1 aliphatic carbocycles. The molecule has 1 saturated carbocycles. The van der Waals surface area contributed by atoms with E-state index in [4.69, 9.17) is 10.2 Å². The van der Waals surface area contributed by atoms with Crippen molar-refractivity contribution in [2.75, 3.05) is 6.54 Å². The summed E-state index contributed by atoms with van der Waals surface area (Å²) in [5.74, 6) is 0.610. The third-order valence-electron chi connectivity index (χ3n) is 4.69. The van der Waals surface area contributed by atoms with Gasteiger partial charge in [0.25, 0.3) is 0 Å². The Bertz CT molecular complexity index is 372. The Morgan fingerprint density at radius 2 is 2.32 bits per heavy atom. The zero-order valence-electron chi connectivity index (χ0n) is 12.5. The molecule has 0 aromatic carbocycles. The Balaban J connectivity index is 2.01. The van der Waals surface area contributed by atoms with Crippen molar-refractivity contribution in [3.8, 4) is 0 Å². The molecule has 3 N–H and O–H groups in total. The lowest BCUT2D eigenvalue weighted by Crippen LogP contribution is -2.38. The van der Waals surface area contributed by atoms with E-state index in [1.807, 2.05) is 6.26 Å². The fraction of sp³-hybridized carbons (Fsp3) is 0.750. The predicted octanol–water partition coefficient (Wildman–Crippen LogP) is 3.47. The van der Waals surface area contributed by atoms with E-state index in [2.05, 4.69) is 32.2 Å². The van der Waals surface area contributed by atoms with Gasteiger partial charge in [-0.15, -0.1) is 0 Å². The number of hydrogen-bond donors (Lipinski definition) is 2. The molecular formula is C16H28N2O. The minimum absolute atomic E-state index is 0.288. The van der Waals surface area contributed by atoms with Crippen molar-refractivity contribution in [3.63, 3.8) is 0 Å². The zero-order chi connectivity index (χ0) is 13.9. The van der Waals surface area contributed by atoms with Gasteiger partial charge in [-0.05, 0) is 49.6 Å². The zero-order valence-corrected chi connectivity index (χ0v) is 12.5. The van der Waals surface area contributed by atoms with Crippen molar-refractivity contribution >= 4 is 0 Å². The Kier molecular flexibility index (Phi) is 4.69. The lowest BCUT2D eigenvalue weighted by Gasteiger charge is -2.29. The molecule has 0 aliphatic heterocycles. The molecule has 3 nitrogen and oxygen atoms in total. The van der Waals surface area contributed by atoms with Crippen molar-refractivity contribution in [2.24, 2.45) is 17.1 Å². The van der Waals surface area contributed by atoms with E-state index in [0.717, 1.165) is 19.4 Å². The summed E-state index contributed by atoms with van der Waals surface area (Å²) in [6.45, 7) is 7.83. The van der Waals surface area contributed by atoms with Crippen LogP contribution < -0.4 is 11.1 Å². The molecule has 1 aromatic rings. The van der Waals surface area contributed by atoms with Gasteiger partial charge in [-0.3, -0.25) is 0 Å². The molecule has 1 aromatic heterocycles. The van der Waals surface area contributed by atoms with E-state index in [1.54, 1.807) is 6.26 Å². The average molecular weight is 264 g/mol. The number of furan rings is 1. The van der Waals surface area contributed by atoms with Crippen LogP contribution in [0.2, 0.25) is 0 Å². The molecule has 0 saturated heterocycles. The van der Waals surface area contributed by atoms with Crippen LogP contribution in [-0.4, -0.2) is 12.6 Å². The highest BCUT2D eigenvalue weighted by Crippen LogP contribution is 2.43. The van der Waals surface area contributed by atoms with Crippen molar-refractivity contribution in [2.45, 2.75) is 58.5 Å². The summed E-state index contributed by atoms with van der Waals surface area (Å²) in [6, 6.07) is 2.76. The fourth-order valence-electron chi connectivity index (χ4n) is 3.24. The van der Waals surface area contributed by atoms with Crippen molar-refractivity contribution in [1.29, 1.82) is 0 Å². The predicted molar refractivity (Wildman–Crippen MR) is 78.8 cm³/mol.